The van der Waals surface area contributed by atoms with E-state index in [-0.39, 0.29) is 0 Å². The Hall–Kier alpha value is -1.11. The van der Waals surface area contributed by atoms with Gasteiger partial charge in [-0.05, 0) is 0 Å². The first-order valence-corrected chi connectivity index (χ1v) is 3.88. The molecule has 0 aliphatic heterocycles. The second kappa shape index (κ2) is 3.33. The normalized spacial score (nSPS) is 12.7. The highest BCUT2D eigenvalue weighted by molar-refractivity contribution is 7.50. The summed E-state index contributed by atoms with van der Waals surface area (Å²) in [7, 11) is -4.53. The van der Waals surface area contributed by atoms with E-state index in [2.05, 4.69) is 9.76 Å². The molecule has 0 saturated carbocycles. The lowest BCUT2D eigenvalue weighted by molar-refractivity contribution is 0.375. The van der Waals surface area contributed by atoms with Crippen molar-refractivity contribution >= 4 is 19.7 Å². The highest BCUT2D eigenvalue weighted by atomic mass is 31.2. The summed E-state index contributed by atoms with van der Waals surface area (Å²) < 4.78 is 12.8. The van der Waals surface area contributed by atoms with Crippen LogP contribution in [-0.4, -0.2) is 21.7 Å². The van der Waals surface area contributed by atoms with E-state index in [0.29, 0.717) is 0 Å². The van der Waals surface area contributed by atoms with Crippen LogP contribution in [0.25, 0.3) is 0 Å². The monoisotopic (exact) mass is 181 g/mol. The van der Waals surface area contributed by atoms with Gasteiger partial charge in [0.1, 0.15) is 0 Å². The molecule has 9 heteroatoms. The van der Waals surface area contributed by atoms with Crippen LogP contribution in [0.1, 0.15) is 0 Å². The zero-order chi connectivity index (χ0) is 9.07. The molecule has 0 bridgehead atoms. The third-order valence-electron chi connectivity index (χ3n) is 0.476. The van der Waals surface area contributed by atoms with Crippen molar-refractivity contribution in [3.63, 3.8) is 0 Å². The van der Waals surface area contributed by atoms with E-state index in [1.54, 1.807) is 0 Å². The summed E-state index contributed by atoms with van der Waals surface area (Å²) in [5.74, 6) is -1.07. The third-order valence-corrected chi connectivity index (χ3v) is 0.942. The molecule has 0 aromatic heterocycles. The SMILES string of the molecule is NC(N)=N/C(N)=N/P(=O)(O)O. The molecule has 0 spiro atoms. The van der Waals surface area contributed by atoms with Gasteiger partial charge in [-0.3, -0.25) is 0 Å². The molecule has 11 heavy (non-hydrogen) atoms. The number of rotatable bonds is 1. The Kier molecular flexibility index (Phi) is 2.99. The Balaban J connectivity index is 4.50. The Morgan fingerprint density at radius 1 is 1.27 bits per heavy atom. The molecule has 0 aromatic carbocycles. The summed E-state index contributed by atoms with van der Waals surface area (Å²) in [4.78, 5) is 19.5. The van der Waals surface area contributed by atoms with E-state index < -0.39 is 19.7 Å². The highest BCUT2D eigenvalue weighted by Gasteiger charge is 2.10. The molecular formula is C2H8N5O3P. The van der Waals surface area contributed by atoms with Gasteiger partial charge in [-0.15, -0.1) is 4.76 Å². The van der Waals surface area contributed by atoms with Crippen molar-refractivity contribution in [1.29, 1.82) is 0 Å². The molecule has 0 radical (unpaired) electrons. The molecule has 8 N–H and O–H groups in total. The van der Waals surface area contributed by atoms with Crippen molar-refractivity contribution < 1.29 is 14.4 Å². The molecule has 0 aliphatic rings. The topological polar surface area (TPSA) is 160 Å². The zero-order valence-electron chi connectivity index (χ0n) is 5.38. The van der Waals surface area contributed by atoms with Gasteiger partial charge < -0.3 is 27.0 Å². The quantitative estimate of drug-likeness (QED) is 0.173. The van der Waals surface area contributed by atoms with Gasteiger partial charge in [0.25, 0.3) is 0 Å². The molecule has 0 saturated heterocycles. The molecular weight excluding hydrogens is 173 g/mol. The van der Waals surface area contributed by atoms with Crippen molar-refractivity contribution in [2.24, 2.45) is 27.0 Å². The maximum atomic E-state index is 10.1. The van der Waals surface area contributed by atoms with Gasteiger partial charge in [0, 0.05) is 0 Å². The van der Waals surface area contributed by atoms with Crippen LogP contribution in [0, 0.1) is 0 Å². The fraction of sp³-hybridized carbons (Fsp3) is 0. The molecule has 8 nitrogen and oxygen atoms in total. The number of aliphatic imine (C=N–C) groups is 1. The first kappa shape index (κ1) is 9.89. The summed E-state index contributed by atoms with van der Waals surface area (Å²) in [6, 6.07) is 0. The standard InChI is InChI=1S/C2H8N5O3P/c3-1(4)6-2(5)7-11(8,9)10/h(H8,3,4,5,6,7,8,9,10). The first-order valence-electron chi connectivity index (χ1n) is 2.32. The summed E-state index contributed by atoms with van der Waals surface area (Å²) in [6.07, 6.45) is 0. The van der Waals surface area contributed by atoms with Gasteiger partial charge in [0.05, 0.1) is 0 Å². The smallest absolute Gasteiger partial charge is 0.370 e. The van der Waals surface area contributed by atoms with Crippen molar-refractivity contribution in [3.05, 3.63) is 0 Å². The van der Waals surface area contributed by atoms with E-state index >= 15 is 0 Å². The molecule has 0 rings (SSSR count). The molecule has 0 amide bonds. The number of hydrogen-bond acceptors (Lipinski definition) is 1. The van der Waals surface area contributed by atoms with Gasteiger partial charge in [-0.1, -0.05) is 0 Å². The average Bonchev–Trinajstić information content (AvgIpc) is 1.53. The van der Waals surface area contributed by atoms with E-state index in [1.807, 2.05) is 0 Å². The lowest BCUT2D eigenvalue weighted by Crippen LogP contribution is -2.26. The Morgan fingerprint density at radius 3 is 2.00 bits per heavy atom. The maximum absolute atomic E-state index is 10.1. The first-order chi connectivity index (χ1) is 4.81. The molecule has 0 fully saturated rings. The molecule has 0 aromatic rings. The Morgan fingerprint density at radius 2 is 1.73 bits per heavy atom. The highest BCUT2D eigenvalue weighted by Crippen LogP contribution is 2.35. The van der Waals surface area contributed by atoms with Gasteiger partial charge >= 0.3 is 7.75 Å². The van der Waals surface area contributed by atoms with Crippen molar-refractivity contribution in [1.82, 2.24) is 0 Å². The second-order valence-electron chi connectivity index (χ2n) is 1.51. The van der Waals surface area contributed by atoms with Crippen LogP contribution in [0.15, 0.2) is 9.76 Å². The van der Waals surface area contributed by atoms with Crippen molar-refractivity contribution in [3.8, 4) is 0 Å². The average molecular weight is 181 g/mol. The second-order valence-corrected chi connectivity index (χ2v) is 2.73. The van der Waals surface area contributed by atoms with E-state index in [9.17, 15) is 4.57 Å². The summed E-state index contributed by atoms with van der Waals surface area (Å²) in [5, 5.41) is 0. The lowest BCUT2D eigenvalue weighted by Gasteiger charge is -1.95. The zero-order valence-corrected chi connectivity index (χ0v) is 6.27. The summed E-state index contributed by atoms with van der Waals surface area (Å²) in [6.45, 7) is 0. The van der Waals surface area contributed by atoms with Crippen LogP contribution in [0.2, 0.25) is 0 Å². The minimum Gasteiger partial charge on any atom is -0.370 e. The third kappa shape index (κ3) is 6.78. The summed E-state index contributed by atoms with van der Waals surface area (Å²) >= 11 is 0. The number of nitrogens with two attached hydrogens (primary N) is 3. The van der Waals surface area contributed by atoms with Crippen LogP contribution >= 0.6 is 7.75 Å². The van der Waals surface area contributed by atoms with Gasteiger partial charge in [-0.2, -0.15) is 4.99 Å². The van der Waals surface area contributed by atoms with Crippen LogP contribution in [0.4, 0.5) is 0 Å². The van der Waals surface area contributed by atoms with E-state index in [1.165, 1.54) is 0 Å². The van der Waals surface area contributed by atoms with Crippen LogP contribution in [0.5, 0.6) is 0 Å². The van der Waals surface area contributed by atoms with E-state index in [4.69, 9.17) is 27.0 Å². The predicted molar refractivity (Wildman–Crippen MR) is 39.5 cm³/mol. The minimum atomic E-state index is -4.53. The van der Waals surface area contributed by atoms with Crippen LogP contribution in [-0.2, 0) is 4.57 Å². The fourth-order valence-corrected chi connectivity index (χ4v) is 0.600. The number of hydrogen-bond donors (Lipinski definition) is 5. The summed E-state index contributed by atoms with van der Waals surface area (Å²) in [5.41, 5.74) is 14.5. The largest absolute Gasteiger partial charge is 0.451 e. The maximum Gasteiger partial charge on any atom is 0.451 e. The number of guanidine groups is 2. The molecule has 0 heterocycles. The van der Waals surface area contributed by atoms with Crippen LogP contribution < -0.4 is 17.2 Å². The van der Waals surface area contributed by atoms with Gasteiger partial charge in [-0.25, -0.2) is 4.57 Å². The molecule has 0 atom stereocenters. The van der Waals surface area contributed by atoms with Crippen LogP contribution in [0.3, 0.4) is 0 Å². The minimum absolute atomic E-state index is 0.417. The van der Waals surface area contributed by atoms with Crippen molar-refractivity contribution in [2.45, 2.75) is 0 Å². The van der Waals surface area contributed by atoms with Gasteiger partial charge in [0.15, 0.2) is 5.96 Å². The lowest BCUT2D eigenvalue weighted by atomic mass is 11.0. The van der Waals surface area contributed by atoms with E-state index in [0.717, 1.165) is 0 Å². The fourth-order valence-electron chi connectivity index (χ4n) is 0.288. The molecule has 64 valence electrons. The number of nitrogens with zero attached hydrogens (tertiary/aromatic N) is 2. The Labute approximate surface area is 62.0 Å². The Bertz CT molecular complexity index is 236. The van der Waals surface area contributed by atoms with Crippen molar-refractivity contribution in [2.75, 3.05) is 0 Å². The molecule has 0 unspecified atom stereocenters. The molecule has 0 aliphatic carbocycles. The van der Waals surface area contributed by atoms with Gasteiger partial charge in [0.2, 0.25) is 5.96 Å². The predicted octanol–water partition coefficient (Wildman–Crippen LogP) is -2.33.